The zero-order valence-electron chi connectivity index (χ0n) is 8.28. The second-order valence-corrected chi connectivity index (χ2v) is 5.33. The molecule has 0 aromatic heterocycles. The van der Waals surface area contributed by atoms with Crippen molar-refractivity contribution in [1.29, 1.82) is 0 Å². The third kappa shape index (κ3) is 3.67. The highest BCUT2D eigenvalue weighted by Crippen LogP contribution is 2.23. The average Bonchev–Trinajstić information content (AvgIpc) is 2.16. The molecule has 1 rings (SSSR count). The zero-order valence-corrected chi connectivity index (χ0v) is 9.09. The summed E-state index contributed by atoms with van der Waals surface area (Å²) in [6.45, 7) is 0. The number of hydrogen-bond acceptors (Lipinski definition) is 3. The Hall–Kier alpha value is -1.15. The Morgan fingerprint density at radius 2 is 1.65 bits per heavy atom. The molecule has 1 N–H and O–H groups in total. The molecule has 0 saturated carbocycles. The van der Waals surface area contributed by atoms with Crippen LogP contribution in [-0.2, 0) is 9.84 Å². The summed E-state index contributed by atoms with van der Waals surface area (Å²) in [4.78, 5) is -0.470. The predicted molar refractivity (Wildman–Crippen MR) is 50.5 cm³/mol. The van der Waals surface area contributed by atoms with Gasteiger partial charge in [-0.2, -0.15) is 13.2 Å². The van der Waals surface area contributed by atoms with Gasteiger partial charge in [0.15, 0.2) is 15.9 Å². The number of benzene rings is 1. The Kier molecular flexibility index (Phi) is 3.78. The van der Waals surface area contributed by atoms with Crippen molar-refractivity contribution in [1.82, 2.24) is 0 Å². The first kappa shape index (κ1) is 13.9. The van der Waals surface area contributed by atoms with E-state index >= 15 is 0 Å². The summed E-state index contributed by atoms with van der Waals surface area (Å²) >= 11 is 0. The van der Waals surface area contributed by atoms with Gasteiger partial charge in [-0.3, -0.25) is 0 Å². The predicted octanol–water partition coefficient (Wildman–Crippen LogP) is 1.52. The molecule has 1 aromatic rings. The van der Waals surface area contributed by atoms with Crippen molar-refractivity contribution >= 4 is 9.84 Å². The van der Waals surface area contributed by atoms with Crippen LogP contribution in [0.2, 0.25) is 0 Å². The fraction of sp³-hybridized carbons (Fsp3) is 0.333. The van der Waals surface area contributed by atoms with Gasteiger partial charge in [-0.1, -0.05) is 0 Å². The van der Waals surface area contributed by atoms with Crippen LogP contribution < -0.4 is 0 Å². The van der Waals surface area contributed by atoms with Crippen LogP contribution in [0, 0.1) is 5.82 Å². The van der Waals surface area contributed by atoms with E-state index in [2.05, 4.69) is 0 Å². The summed E-state index contributed by atoms with van der Waals surface area (Å²) in [5.41, 5.74) is 0. The lowest BCUT2D eigenvalue weighted by atomic mass is 10.3. The van der Waals surface area contributed by atoms with E-state index in [0.29, 0.717) is 0 Å². The fourth-order valence-electron chi connectivity index (χ4n) is 1.04. The quantitative estimate of drug-likeness (QED) is 0.670. The summed E-state index contributed by atoms with van der Waals surface area (Å²) in [6.07, 6.45) is -7.97. The number of alkyl halides is 3. The van der Waals surface area contributed by atoms with Gasteiger partial charge in [0.25, 0.3) is 0 Å². The Labute approximate surface area is 94.6 Å². The molecule has 8 heteroatoms. The van der Waals surface area contributed by atoms with E-state index in [0.717, 1.165) is 24.3 Å². The van der Waals surface area contributed by atoms with Crippen molar-refractivity contribution in [3.63, 3.8) is 0 Å². The van der Waals surface area contributed by atoms with Crippen molar-refractivity contribution in [2.45, 2.75) is 17.2 Å². The lowest BCUT2D eigenvalue weighted by molar-refractivity contribution is -0.196. The minimum absolute atomic E-state index is 0.470. The zero-order chi connectivity index (χ0) is 13.3. The molecular formula is C9H8F4O3S. The van der Waals surface area contributed by atoms with E-state index in [-0.39, 0.29) is 0 Å². The van der Waals surface area contributed by atoms with Gasteiger partial charge >= 0.3 is 6.18 Å². The molecule has 1 atom stereocenters. The number of hydrogen-bond donors (Lipinski definition) is 1. The Balaban J connectivity index is 2.94. The molecule has 3 nitrogen and oxygen atoms in total. The molecule has 0 spiro atoms. The van der Waals surface area contributed by atoms with Crippen LogP contribution in [0.4, 0.5) is 17.6 Å². The molecule has 0 radical (unpaired) electrons. The maximum absolute atomic E-state index is 12.5. The van der Waals surface area contributed by atoms with Gasteiger partial charge in [-0.15, -0.1) is 0 Å². The smallest absolute Gasteiger partial charge is 0.383 e. The van der Waals surface area contributed by atoms with Gasteiger partial charge in [-0.25, -0.2) is 12.8 Å². The van der Waals surface area contributed by atoms with Gasteiger partial charge in [0.1, 0.15) is 5.82 Å². The third-order valence-electron chi connectivity index (χ3n) is 1.93. The number of aliphatic hydroxyl groups excluding tert-OH is 1. The number of halogens is 4. The van der Waals surface area contributed by atoms with Gasteiger partial charge in [0.2, 0.25) is 0 Å². The maximum Gasteiger partial charge on any atom is 0.415 e. The van der Waals surface area contributed by atoms with Gasteiger partial charge in [0, 0.05) is 0 Å². The second-order valence-electron chi connectivity index (χ2n) is 3.29. The van der Waals surface area contributed by atoms with Crippen molar-refractivity contribution in [3.8, 4) is 0 Å². The summed E-state index contributed by atoms with van der Waals surface area (Å²) in [6, 6.07) is 3.31. The topological polar surface area (TPSA) is 54.4 Å². The molecular weight excluding hydrogens is 264 g/mol. The minimum atomic E-state index is -5.01. The Morgan fingerprint density at radius 1 is 1.18 bits per heavy atom. The van der Waals surface area contributed by atoms with Crippen LogP contribution in [0.5, 0.6) is 0 Å². The van der Waals surface area contributed by atoms with Gasteiger partial charge in [-0.05, 0) is 24.3 Å². The summed E-state index contributed by atoms with van der Waals surface area (Å²) in [5, 5.41) is 8.66. The summed E-state index contributed by atoms with van der Waals surface area (Å²) < 4.78 is 71.3. The highest BCUT2D eigenvalue weighted by atomic mass is 32.2. The number of sulfone groups is 1. The van der Waals surface area contributed by atoms with Crippen molar-refractivity contribution in [2.75, 3.05) is 5.75 Å². The van der Waals surface area contributed by atoms with E-state index in [9.17, 15) is 26.0 Å². The molecule has 17 heavy (non-hydrogen) atoms. The molecule has 1 unspecified atom stereocenters. The first-order chi connectivity index (χ1) is 7.63. The molecule has 0 bridgehead atoms. The molecule has 1 aromatic carbocycles. The molecule has 0 aliphatic heterocycles. The number of rotatable bonds is 3. The molecule has 0 saturated heterocycles. The van der Waals surface area contributed by atoms with E-state index in [4.69, 9.17) is 5.11 Å². The van der Waals surface area contributed by atoms with E-state index < -0.39 is 38.6 Å². The molecule has 0 fully saturated rings. The van der Waals surface area contributed by atoms with Crippen molar-refractivity contribution in [2.24, 2.45) is 0 Å². The normalized spacial score (nSPS) is 14.6. The van der Waals surface area contributed by atoms with Crippen LogP contribution in [-0.4, -0.2) is 31.6 Å². The van der Waals surface area contributed by atoms with Gasteiger partial charge in [0.05, 0.1) is 10.6 Å². The first-order valence-corrected chi connectivity index (χ1v) is 6.01. The SMILES string of the molecule is O=S(=O)(CC(O)C(F)(F)F)c1ccc(F)cc1. The largest absolute Gasteiger partial charge is 0.415 e. The summed E-state index contributed by atoms with van der Waals surface area (Å²) in [7, 11) is -4.30. The third-order valence-corrected chi connectivity index (χ3v) is 3.67. The second kappa shape index (κ2) is 4.61. The van der Waals surface area contributed by atoms with Crippen molar-refractivity contribution < 1.29 is 31.1 Å². The first-order valence-electron chi connectivity index (χ1n) is 4.36. The van der Waals surface area contributed by atoms with Crippen LogP contribution in [0.25, 0.3) is 0 Å². The molecule has 0 heterocycles. The molecule has 0 amide bonds. The Bertz CT molecular complexity index is 478. The van der Waals surface area contributed by atoms with Crippen LogP contribution in [0.15, 0.2) is 29.2 Å². The minimum Gasteiger partial charge on any atom is -0.383 e. The molecule has 96 valence electrons. The van der Waals surface area contributed by atoms with E-state index in [1.165, 1.54) is 0 Å². The van der Waals surface area contributed by atoms with E-state index in [1.807, 2.05) is 0 Å². The average molecular weight is 272 g/mol. The highest BCUT2D eigenvalue weighted by Gasteiger charge is 2.41. The monoisotopic (exact) mass is 272 g/mol. The van der Waals surface area contributed by atoms with E-state index in [1.54, 1.807) is 0 Å². The van der Waals surface area contributed by atoms with Gasteiger partial charge < -0.3 is 5.11 Å². The number of aliphatic hydroxyl groups is 1. The van der Waals surface area contributed by atoms with Crippen LogP contribution in [0.1, 0.15) is 0 Å². The highest BCUT2D eigenvalue weighted by molar-refractivity contribution is 7.91. The standard InChI is InChI=1S/C9H8F4O3S/c10-6-1-3-7(4-2-6)17(15,16)5-8(14)9(11,12)13/h1-4,8,14H,5H2. The van der Waals surface area contributed by atoms with Crippen LogP contribution in [0.3, 0.4) is 0 Å². The molecule has 0 aliphatic rings. The lowest BCUT2D eigenvalue weighted by Gasteiger charge is -2.14. The Morgan fingerprint density at radius 3 is 2.06 bits per heavy atom. The maximum atomic E-state index is 12.5. The van der Waals surface area contributed by atoms with Crippen LogP contribution >= 0.6 is 0 Å². The lowest BCUT2D eigenvalue weighted by Crippen LogP contribution is -2.35. The fourth-order valence-corrected chi connectivity index (χ4v) is 2.39. The molecule has 0 aliphatic carbocycles. The van der Waals surface area contributed by atoms with Crippen molar-refractivity contribution in [3.05, 3.63) is 30.1 Å². The summed E-state index contributed by atoms with van der Waals surface area (Å²) in [5.74, 6) is -2.19.